The van der Waals surface area contributed by atoms with Gasteiger partial charge in [-0.1, -0.05) is 35.4 Å². The van der Waals surface area contributed by atoms with Crippen molar-refractivity contribution in [3.63, 3.8) is 0 Å². The predicted molar refractivity (Wildman–Crippen MR) is 126 cm³/mol. The molecule has 0 aromatic heterocycles. The molecule has 0 spiro atoms. The van der Waals surface area contributed by atoms with Crippen LogP contribution in [0.1, 0.15) is 39.9 Å². The Morgan fingerprint density at radius 3 is 2.34 bits per heavy atom. The Morgan fingerprint density at radius 1 is 1.06 bits per heavy atom. The minimum atomic E-state index is -2.44. The van der Waals surface area contributed by atoms with Gasteiger partial charge in [0.1, 0.15) is 23.2 Å². The van der Waals surface area contributed by atoms with Crippen molar-refractivity contribution >= 4 is 17.5 Å². The number of phenolic OH excluding ortho intramolecular Hbond substituents is 1. The third-order valence-electron chi connectivity index (χ3n) is 7.91. The summed E-state index contributed by atoms with van der Waals surface area (Å²) in [6.45, 7) is 3.95. The van der Waals surface area contributed by atoms with Crippen molar-refractivity contribution in [3.05, 3.63) is 63.9 Å². The first-order chi connectivity index (χ1) is 16.4. The molecule has 3 aliphatic rings. The van der Waals surface area contributed by atoms with Gasteiger partial charge in [0, 0.05) is 12.3 Å². The highest BCUT2D eigenvalue weighted by Gasteiger charge is 2.63. The normalized spacial score (nSPS) is 29.9. The molecule has 2 unspecified atom stereocenters. The topological polar surface area (TPSA) is 158 Å². The number of Topliss-reactive ketones (excluding diaryl/α,β-unsaturated/α-hetero) is 2. The molecule has 5 atom stereocenters. The molecule has 5 rings (SSSR count). The van der Waals surface area contributed by atoms with Crippen molar-refractivity contribution in [2.24, 2.45) is 23.5 Å². The molecule has 8 nitrogen and oxygen atoms in total. The van der Waals surface area contributed by atoms with Crippen LogP contribution in [0.15, 0.2) is 41.7 Å². The molecule has 0 radical (unpaired) electrons. The number of aliphatic hydroxyl groups is 3. The minimum absolute atomic E-state index is 0.0702. The number of carbonyl (C=O) groups is 3. The fourth-order valence-electron chi connectivity index (χ4n) is 6.46. The van der Waals surface area contributed by atoms with E-state index in [0.29, 0.717) is 12.0 Å². The number of carbonyl (C=O) groups excluding carboxylic acids is 3. The standard InChI is InChI=1S/C27H27NO7/c1-11-5-12(2)7-13(6-11)16-3-4-18(29)21-17(16)9-14-8-15-10-19(30)22(26(28)34)25(33)27(15,35)24(32)20(14)23(21)31/h3-7,14-15,20,24,29-30,32,35H,8-10H2,1-2H3,(H2,28,34)/t14-,15+,20?,24?,27+/m1/s1. The molecule has 3 aliphatic carbocycles. The van der Waals surface area contributed by atoms with Gasteiger partial charge < -0.3 is 26.2 Å². The second-order valence-electron chi connectivity index (χ2n) is 10.1. The highest BCUT2D eigenvalue weighted by Crippen LogP contribution is 2.53. The molecule has 6 N–H and O–H groups in total. The summed E-state index contributed by atoms with van der Waals surface area (Å²) < 4.78 is 0. The third-order valence-corrected chi connectivity index (χ3v) is 7.91. The van der Waals surface area contributed by atoms with Crippen molar-refractivity contribution in [2.45, 2.75) is 44.8 Å². The predicted octanol–water partition coefficient (Wildman–Crippen LogP) is 2.03. The van der Waals surface area contributed by atoms with Gasteiger partial charge in [0.15, 0.2) is 11.4 Å². The van der Waals surface area contributed by atoms with Crippen LogP contribution in [0.3, 0.4) is 0 Å². The molecule has 182 valence electrons. The fourth-order valence-corrected chi connectivity index (χ4v) is 6.46. The number of aliphatic hydroxyl groups excluding tert-OH is 2. The number of aromatic hydroxyl groups is 1. The van der Waals surface area contributed by atoms with Gasteiger partial charge in [-0.25, -0.2) is 0 Å². The molecule has 1 saturated carbocycles. The fraction of sp³-hybridized carbons (Fsp3) is 0.370. The Balaban J connectivity index is 1.63. The maximum absolute atomic E-state index is 13.7. The lowest BCUT2D eigenvalue weighted by molar-refractivity contribution is -0.182. The number of amides is 1. The number of hydrogen-bond donors (Lipinski definition) is 5. The van der Waals surface area contributed by atoms with Gasteiger partial charge in [-0.3, -0.25) is 14.4 Å². The van der Waals surface area contributed by atoms with Crippen LogP contribution < -0.4 is 5.73 Å². The quantitative estimate of drug-likeness (QED) is 0.414. The first kappa shape index (κ1) is 23.3. The lowest BCUT2D eigenvalue weighted by Crippen LogP contribution is -2.67. The highest BCUT2D eigenvalue weighted by molar-refractivity contribution is 6.23. The summed E-state index contributed by atoms with van der Waals surface area (Å²) >= 11 is 0. The van der Waals surface area contributed by atoms with Crippen molar-refractivity contribution in [1.82, 2.24) is 0 Å². The second kappa shape index (κ2) is 7.76. The zero-order valence-electron chi connectivity index (χ0n) is 19.4. The molecule has 0 bridgehead atoms. The number of allylic oxidation sites excluding steroid dienone is 1. The summed E-state index contributed by atoms with van der Waals surface area (Å²) in [5.74, 6) is -6.19. The van der Waals surface area contributed by atoms with Gasteiger partial charge >= 0.3 is 0 Å². The van der Waals surface area contributed by atoms with Crippen LogP contribution in [0.5, 0.6) is 5.75 Å². The summed E-state index contributed by atoms with van der Waals surface area (Å²) in [5, 5.41) is 43.5. The largest absolute Gasteiger partial charge is 0.511 e. The van der Waals surface area contributed by atoms with Crippen LogP contribution in [0.4, 0.5) is 0 Å². The summed E-state index contributed by atoms with van der Waals surface area (Å²) in [6, 6.07) is 9.24. The Kier molecular flexibility index (Phi) is 5.16. The number of hydrogen-bond acceptors (Lipinski definition) is 7. The molecule has 0 saturated heterocycles. The molecule has 1 amide bonds. The minimum Gasteiger partial charge on any atom is -0.511 e. The lowest BCUT2D eigenvalue weighted by atomic mass is 9.54. The highest BCUT2D eigenvalue weighted by atomic mass is 16.4. The number of benzene rings is 2. The molecule has 8 heteroatoms. The summed E-state index contributed by atoms with van der Waals surface area (Å²) in [6.07, 6.45) is -1.56. The van der Waals surface area contributed by atoms with E-state index in [-0.39, 0.29) is 24.2 Å². The molecule has 0 heterocycles. The van der Waals surface area contributed by atoms with E-state index in [9.17, 15) is 34.8 Å². The van der Waals surface area contributed by atoms with E-state index in [1.807, 2.05) is 32.0 Å². The lowest BCUT2D eigenvalue weighted by Gasteiger charge is -2.52. The molecule has 35 heavy (non-hydrogen) atoms. The van der Waals surface area contributed by atoms with Crippen molar-refractivity contribution in [2.75, 3.05) is 0 Å². The summed E-state index contributed by atoms with van der Waals surface area (Å²) in [7, 11) is 0. The Morgan fingerprint density at radius 2 is 1.71 bits per heavy atom. The second-order valence-corrected chi connectivity index (χ2v) is 10.1. The molecule has 1 fully saturated rings. The smallest absolute Gasteiger partial charge is 0.255 e. The van der Waals surface area contributed by atoms with Crippen molar-refractivity contribution < 1.29 is 34.8 Å². The number of phenols is 1. The molecular formula is C27H27NO7. The zero-order chi connectivity index (χ0) is 25.4. The SMILES string of the molecule is Cc1cc(C)cc(-c2ccc(O)c3c2C[C@H]2C[C@H]4CC(O)=C(C(N)=O)C(=O)[C@@]4(O)C(O)C2C3=O)c1. The van der Waals surface area contributed by atoms with Crippen LogP contribution >= 0.6 is 0 Å². The third kappa shape index (κ3) is 3.24. The number of aryl methyl sites for hydroxylation is 2. The zero-order valence-corrected chi connectivity index (χ0v) is 19.4. The van der Waals surface area contributed by atoms with Crippen LogP contribution in [0, 0.1) is 31.6 Å². The Labute approximate surface area is 201 Å². The van der Waals surface area contributed by atoms with E-state index in [0.717, 1.165) is 22.3 Å². The van der Waals surface area contributed by atoms with E-state index < -0.39 is 58.3 Å². The maximum Gasteiger partial charge on any atom is 0.255 e. The number of rotatable bonds is 2. The van der Waals surface area contributed by atoms with Crippen LogP contribution in [-0.4, -0.2) is 49.6 Å². The molecular weight excluding hydrogens is 450 g/mol. The molecule has 2 aromatic rings. The monoisotopic (exact) mass is 477 g/mol. The van der Waals surface area contributed by atoms with Gasteiger partial charge in [-0.05, 0) is 55.4 Å². The van der Waals surface area contributed by atoms with Gasteiger partial charge in [0.25, 0.3) is 5.91 Å². The molecule has 0 aliphatic heterocycles. The Hall–Kier alpha value is -3.49. The molecule has 2 aromatic carbocycles. The van der Waals surface area contributed by atoms with Crippen LogP contribution in [0.25, 0.3) is 11.1 Å². The van der Waals surface area contributed by atoms with Gasteiger partial charge in [-0.2, -0.15) is 0 Å². The van der Waals surface area contributed by atoms with Gasteiger partial charge in [0.05, 0.1) is 11.5 Å². The first-order valence-corrected chi connectivity index (χ1v) is 11.6. The van der Waals surface area contributed by atoms with Gasteiger partial charge in [-0.15, -0.1) is 0 Å². The number of nitrogens with two attached hydrogens (primary N) is 1. The average Bonchev–Trinajstić information content (AvgIpc) is 2.75. The van der Waals surface area contributed by atoms with E-state index in [1.165, 1.54) is 6.07 Å². The first-order valence-electron chi connectivity index (χ1n) is 11.6. The summed E-state index contributed by atoms with van der Waals surface area (Å²) in [4.78, 5) is 38.5. The number of primary amides is 1. The Bertz CT molecular complexity index is 1320. The van der Waals surface area contributed by atoms with Crippen LogP contribution in [0.2, 0.25) is 0 Å². The van der Waals surface area contributed by atoms with E-state index in [2.05, 4.69) is 0 Å². The summed E-state index contributed by atoms with van der Waals surface area (Å²) in [5.41, 5.74) is 6.57. The van der Waals surface area contributed by atoms with Crippen molar-refractivity contribution in [3.8, 4) is 16.9 Å². The van der Waals surface area contributed by atoms with E-state index >= 15 is 0 Å². The maximum atomic E-state index is 13.7. The van der Waals surface area contributed by atoms with E-state index in [4.69, 9.17) is 5.73 Å². The van der Waals surface area contributed by atoms with E-state index in [1.54, 1.807) is 6.07 Å². The van der Waals surface area contributed by atoms with Gasteiger partial charge in [0.2, 0.25) is 5.78 Å². The van der Waals surface area contributed by atoms with Crippen LogP contribution in [-0.2, 0) is 16.0 Å². The van der Waals surface area contributed by atoms with Crippen molar-refractivity contribution in [1.29, 1.82) is 0 Å². The number of fused-ring (bicyclic) bond motifs is 3. The average molecular weight is 478 g/mol. The number of ketones is 2.